The van der Waals surface area contributed by atoms with Gasteiger partial charge in [-0.05, 0) is 37.1 Å². The van der Waals surface area contributed by atoms with Crippen molar-refractivity contribution in [2.24, 2.45) is 11.7 Å². The smallest absolute Gasteiger partial charge is 0.124 e. The van der Waals surface area contributed by atoms with Gasteiger partial charge in [-0.15, -0.1) is 0 Å². The topological polar surface area (TPSA) is 29.3 Å². The molecule has 0 saturated carbocycles. The van der Waals surface area contributed by atoms with E-state index in [-0.39, 0.29) is 5.82 Å². The van der Waals surface area contributed by atoms with Crippen molar-refractivity contribution in [3.05, 3.63) is 29.0 Å². The summed E-state index contributed by atoms with van der Waals surface area (Å²) < 4.78 is 12.9. The summed E-state index contributed by atoms with van der Waals surface area (Å²) >= 11 is 5.99. The Morgan fingerprint density at radius 1 is 1.53 bits per heavy atom. The maximum absolute atomic E-state index is 12.9. The molecular weight excluding hydrogens is 215 g/mol. The van der Waals surface area contributed by atoms with Crippen molar-refractivity contribution in [2.75, 3.05) is 24.5 Å². The lowest BCUT2D eigenvalue weighted by Crippen LogP contribution is -2.22. The normalized spacial score (nSPS) is 21.0. The van der Waals surface area contributed by atoms with E-state index in [9.17, 15) is 4.39 Å². The molecule has 82 valence electrons. The Balaban J connectivity index is 2.17. The zero-order valence-corrected chi connectivity index (χ0v) is 9.17. The van der Waals surface area contributed by atoms with Gasteiger partial charge in [0.25, 0.3) is 0 Å². The van der Waals surface area contributed by atoms with Crippen LogP contribution in [0.15, 0.2) is 18.2 Å². The number of rotatable bonds is 2. The zero-order chi connectivity index (χ0) is 10.8. The van der Waals surface area contributed by atoms with Crippen LogP contribution in [0.5, 0.6) is 0 Å². The van der Waals surface area contributed by atoms with Crippen LogP contribution in [0.4, 0.5) is 10.1 Å². The predicted molar refractivity (Wildman–Crippen MR) is 60.8 cm³/mol. The van der Waals surface area contributed by atoms with Crippen LogP contribution in [-0.4, -0.2) is 19.6 Å². The van der Waals surface area contributed by atoms with Crippen LogP contribution < -0.4 is 10.6 Å². The minimum absolute atomic E-state index is 0.293. The highest BCUT2D eigenvalue weighted by atomic mass is 35.5. The van der Waals surface area contributed by atoms with E-state index >= 15 is 0 Å². The summed E-state index contributed by atoms with van der Waals surface area (Å²) in [5, 5.41) is 0.479. The highest BCUT2D eigenvalue weighted by Gasteiger charge is 2.22. The molecule has 0 amide bonds. The van der Waals surface area contributed by atoms with E-state index in [0.717, 1.165) is 25.2 Å². The number of anilines is 1. The van der Waals surface area contributed by atoms with Crippen LogP contribution in [0.2, 0.25) is 5.02 Å². The molecule has 15 heavy (non-hydrogen) atoms. The number of nitrogens with zero attached hydrogens (tertiary/aromatic N) is 1. The average Bonchev–Trinajstić information content (AvgIpc) is 2.66. The van der Waals surface area contributed by atoms with Crippen molar-refractivity contribution >= 4 is 17.3 Å². The van der Waals surface area contributed by atoms with Crippen LogP contribution in [0.1, 0.15) is 6.42 Å². The fourth-order valence-corrected chi connectivity index (χ4v) is 2.27. The molecule has 0 radical (unpaired) electrons. The molecular formula is C11H14ClFN2. The van der Waals surface area contributed by atoms with E-state index in [2.05, 4.69) is 4.90 Å². The molecule has 1 aliphatic heterocycles. The predicted octanol–water partition coefficient (Wildman–Crippen LogP) is 2.26. The lowest BCUT2D eigenvalue weighted by Gasteiger charge is -2.19. The first-order chi connectivity index (χ1) is 7.20. The molecule has 1 saturated heterocycles. The SMILES string of the molecule is NCC1CCN(c2ccc(F)cc2Cl)C1. The molecule has 2 nitrogen and oxygen atoms in total. The minimum atomic E-state index is -0.293. The molecule has 1 aliphatic rings. The Morgan fingerprint density at radius 3 is 2.93 bits per heavy atom. The van der Waals surface area contributed by atoms with Crippen molar-refractivity contribution in [1.82, 2.24) is 0 Å². The number of benzene rings is 1. The van der Waals surface area contributed by atoms with Gasteiger partial charge in [0.15, 0.2) is 0 Å². The average molecular weight is 229 g/mol. The van der Waals surface area contributed by atoms with Gasteiger partial charge in [0.05, 0.1) is 10.7 Å². The van der Waals surface area contributed by atoms with Crippen molar-refractivity contribution in [1.29, 1.82) is 0 Å². The molecule has 2 rings (SSSR count). The Morgan fingerprint density at radius 2 is 2.33 bits per heavy atom. The van der Waals surface area contributed by atoms with Gasteiger partial charge < -0.3 is 10.6 Å². The first-order valence-corrected chi connectivity index (χ1v) is 5.48. The Bertz CT molecular complexity index is 356. The second-order valence-electron chi connectivity index (χ2n) is 3.93. The van der Waals surface area contributed by atoms with Gasteiger partial charge in [0, 0.05) is 13.1 Å². The lowest BCUT2D eigenvalue weighted by atomic mass is 10.1. The number of halogens is 2. The zero-order valence-electron chi connectivity index (χ0n) is 8.42. The number of hydrogen-bond acceptors (Lipinski definition) is 2. The van der Waals surface area contributed by atoms with Crippen LogP contribution in [-0.2, 0) is 0 Å². The van der Waals surface area contributed by atoms with E-state index in [0.29, 0.717) is 17.5 Å². The van der Waals surface area contributed by atoms with Crippen molar-refractivity contribution in [3.8, 4) is 0 Å². The standard InChI is InChI=1S/C11H14ClFN2/c12-10-5-9(13)1-2-11(10)15-4-3-8(6-14)7-15/h1-2,5,8H,3-4,6-7,14H2. The van der Waals surface area contributed by atoms with Crippen LogP contribution in [0, 0.1) is 11.7 Å². The molecule has 1 unspecified atom stereocenters. The molecule has 1 heterocycles. The highest BCUT2D eigenvalue weighted by molar-refractivity contribution is 6.33. The highest BCUT2D eigenvalue weighted by Crippen LogP contribution is 2.30. The second-order valence-corrected chi connectivity index (χ2v) is 4.34. The summed E-state index contributed by atoms with van der Waals surface area (Å²) in [6.45, 7) is 2.57. The Kier molecular flexibility index (Phi) is 3.12. The minimum Gasteiger partial charge on any atom is -0.370 e. The molecule has 1 atom stereocenters. The van der Waals surface area contributed by atoms with Crippen LogP contribution in [0.25, 0.3) is 0 Å². The lowest BCUT2D eigenvalue weighted by molar-refractivity contribution is 0.602. The van der Waals surface area contributed by atoms with Gasteiger partial charge in [-0.2, -0.15) is 0 Å². The molecule has 4 heteroatoms. The first kappa shape index (κ1) is 10.7. The van der Waals surface area contributed by atoms with E-state index in [1.165, 1.54) is 12.1 Å². The fourth-order valence-electron chi connectivity index (χ4n) is 1.98. The van der Waals surface area contributed by atoms with Gasteiger partial charge >= 0.3 is 0 Å². The van der Waals surface area contributed by atoms with Gasteiger partial charge in [0.1, 0.15) is 5.82 Å². The van der Waals surface area contributed by atoms with E-state index in [1.54, 1.807) is 6.07 Å². The summed E-state index contributed by atoms with van der Waals surface area (Å²) in [4.78, 5) is 2.17. The van der Waals surface area contributed by atoms with Gasteiger partial charge in [-0.25, -0.2) is 4.39 Å². The summed E-state index contributed by atoms with van der Waals surface area (Å²) in [7, 11) is 0. The van der Waals surface area contributed by atoms with E-state index in [4.69, 9.17) is 17.3 Å². The third-order valence-corrected chi connectivity index (χ3v) is 3.17. The van der Waals surface area contributed by atoms with Crippen LogP contribution in [0.3, 0.4) is 0 Å². The molecule has 2 N–H and O–H groups in total. The molecule has 0 aliphatic carbocycles. The Hall–Kier alpha value is -0.800. The Labute approximate surface area is 93.8 Å². The third-order valence-electron chi connectivity index (χ3n) is 2.87. The molecule has 0 aromatic heterocycles. The molecule has 0 bridgehead atoms. The largest absolute Gasteiger partial charge is 0.370 e. The van der Waals surface area contributed by atoms with Gasteiger partial charge in [0.2, 0.25) is 0 Å². The summed E-state index contributed by atoms with van der Waals surface area (Å²) in [5.74, 6) is 0.240. The third kappa shape index (κ3) is 2.24. The second kappa shape index (κ2) is 4.37. The maximum Gasteiger partial charge on any atom is 0.124 e. The van der Waals surface area contributed by atoms with Gasteiger partial charge in [-0.3, -0.25) is 0 Å². The van der Waals surface area contributed by atoms with E-state index < -0.39 is 0 Å². The van der Waals surface area contributed by atoms with Gasteiger partial charge in [-0.1, -0.05) is 11.6 Å². The quantitative estimate of drug-likeness (QED) is 0.842. The summed E-state index contributed by atoms with van der Waals surface area (Å²) in [6.07, 6.45) is 1.09. The molecule has 1 fully saturated rings. The van der Waals surface area contributed by atoms with Crippen molar-refractivity contribution in [2.45, 2.75) is 6.42 Å². The maximum atomic E-state index is 12.9. The van der Waals surface area contributed by atoms with Crippen LogP contribution >= 0.6 is 11.6 Å². The summed E-state index contributed by atoms with van der Waals surface area (Å²) in [6, 6.07) is 4.53. The molecule has 1 aromatic rings. The summed E-state index contributed by atoms with van der Waals surface area (Å²) in [5.41, 5.74) is 6.53. The molecule has 1 aromatic carbocycles. The van der Waals surface area contributed by atoms with E-state index in [1.807, 2.05) is 0 Å². The molecule has 0 spiro atoms. The van der Waals surface area contributed by atoms with Crippen molar-refractivity contribution < 1.29 is 4.39 Å². The number of nitrogens with two attached hydrogens (primary N) is 1. The fraction of sp³-hybridized carbons (Fsp3) is 0.455. The number of hydrogen-bond donors (Lipinski definition) is 1. The first-order valence-electron chi connectivity index (χ1n) is 5.11. The monoisotopic (exact) mass is 228 g/mol. The van der Waals surface area contributed by atoms with Crippen molar-refractivity contribution in [3.63, 3.8) is 0 Å².